The lowest BCUT2D eigenvalue weighted by molar-refractivity contribution is 0.0601. The summed E-state index contributed by atoms with van der Waals surface area (Å²) >= 11 is 0. The number of esters is 1. The monoisotopic (exact) mass is 336 g/mol. The van der Waals surface area contributed by atoms with Crippen molar-refractivity contribution in [3.63, 3.8) is 0 Å². The van der Waals surface area contributed by atoms with Gasteiger partial charge in [-0.25, -0.2) is 4.79 Å². The van der Waals surface area contributed by atoms with Crippen LogP contribution in [0.5, 0.6) is 0 Å². The van der Waals surface area contributed by atoms with Crippen LogP contribution in [0, 0.1) is 0 Å². The minimum absolute atomic E-state index is 0.313. The van der Waals surface area contributed by atoms with Crippen LogP contribution in [0.15, 0.2) is 78.9 Å². The molecule has 0 saturated carbocycles. The fraction of sp³-hybridized carbons (Fsp3) is 0.0417. The van der Waals surface area contributed by atoms with Gasteiger partial charge < -0.3 is 4.74 Å². The third-order valence-electron chi connectivity index (χ3n) is 5.17. The van der Waals surface area contributed by atoms with Crippen molar-refractivity contribution in [3.8, 4) is 33.4 Å². The van der Waals surface area contributed by atoms with E-state index in [9.17, 15) is 4.79 Å². The Kier molecular flexibility index (Phi) is 3.19. The number of hydrogen-bond donors (Lipinski definition) is 0. The van der Waals surface area contributed by atoms with Gasteiger partial charge in [0.25, 0.3) is 0 Å². The zero-order valence-corrected chi connectivity index (χ0v) is 14.3. The van der Waals surface area contributed by atoms with Gasteiger partial charge in [0, 0.05) is 0 Å². The van der Waals surface area contributed by atoms with Gasteiger partial charge in [-0.15, -0.1) is 0 Å². The maximum atomic E-state index is 12.2. The van der Waals surface area contributed by atoms with Crippen molar-refractivity contribution in [2.24, 2.45) is 0 Å². The Bertz CT molecular complexity index is 1160. The Morgan fingerprint density at radius 3 is 1.92 bits per heavy atom. The molecule has 0 radical (unpaired) electrons. The number of benzene rings is 4. The van der Waals surface area contributed by atoms with E-state index in [0.29, 0.717) is 5.56 Å². The van der Waals surface area contributed by atoms with E-state index in [1.54, 1.807) is 0 Å². The minimum atomic E-state index is -0.313. The number of hydrogen-bond acceptors (Lipinski definition) is 2. The first-order chi connectivity index (χ1) is 12.8. The molecule has 4 aromatic rings. The van der Waals surface area contributed by atoms with Gasteiger partial charge in [-0.2, -0.15) is 0 Å². The predicted octanol–water partition coefficient (Wildman–Crippen LogP) is 5.94. The Labute approximate surface area is 151 Å². The maximum Gasteiger partial charge on any atom is 0.338 e. The smallest absolute Gasteiger partial charge is 0.338 e. The molecule has 2 nitrogen and oxygen atoms in total. The van der Waals surface area contributed by atoms with Crippen molar-refractivity contribution in [2.75, 3.05) is 7.11 Å². The molecule has 0 saturated heterocycles. The van der Waals surface area contributed by atoms with E-state index in [1.165, 1.54) is 34.7 Å². The van der Waals surface area contributed by atoms with Crippen molar-refractivity contribution < 1.29 is 9.53 Å². The lowest BCUT2D eigenvalue weighted by atomic mass is 9.92. The van der Waals surface area contributed by atoms with Crippen LogP contribution in [0.25, 0.3) is 44.2 Å². The summed E-state index contributed by atoms with van der Waals surface area (Å²) in [6.07, 6.45) is 0. The first kappa shape index (κ1) is 14.9. The zero-order chi connectivity index (χ0) is 17.7. The molecule has 4 aromatic carbocycles. The SMILES string of the molecule is COC(=O)c1ccccc1-c1ccc2c3c(cccc13)-c1ccccc1-2. The molecule has 0 heterocycles. The number of carbonyl (C=O) groups is 1. The normalized spacial score (nSPS) is 11.4. The first-order valence-electron chi connectivity index (χ1n) is 8.63. The summed E-state index contributed by atoms with van der Waals surface area (Å²) in [5.41, 5.74) is 7.60. The number of fused-ring (bicyclic) bond motifs is 3. The molecular weight excluding hydrogens is 320 g/mol. The summed E-state index contributed by atoms with van der Waals surface area (Å²) < 4.78 is 4.98. The fourth-order valence-corrected chi connectivity index (χ4v) is 4.05. The minimum Gasteiger partial charge on any atom is -0.465 e. The van der Waals surface area contributed by atoms with E-state index < -0.39 is 0 Å². The molecular formula is C24H16O2. The summed E-state index contributed by atoms with van der Waals surface area (Å²) in [5.74, 6) is -0.313. The number of ether oxygens (including phenoxy) is 1. The van der Waals surface area contributed by atoms with Crippen molar-refractivity contribution >= 4 is 16.7 Å². The number of carbonyl (C=O) groups excluding carboxylic acids is 1. The van der Waals surface area contributed by atoms with Gasteiger partial charge in [0.2, 0.25) is 0 Å². The molecule has 0 aliphatic heterocycles. The second-order valence-corrected chi connectivity index (χ2v) is 6.47. The standard InChI is InChI=1S/C24H16O2/c1-26-24(25)22-10-5-4-9-17(22)18-13-14-21-16-8-3-2-7-15(16)19-11-6-12-20(18)23(19)21/h2-14H,1H3. The van der Waals surface area contributed by atoms with Crippen molar-refractivity contribution in [3.05, 3.63) is 84.4 Å². The molecule has 0 atom stereocenters. The molecule has 0 aromatic heterocycles. The lowest BCUT2D eigenvalue weighted by Crippen LogP contribution is -2.03. The Morgan fingerprint density at radius 1 is 0.615 bits per heavy atom. The van der Waals surface area contributed by atoms with E-state index in [-0.39, 0.29) is 5.97 Å². The highest BCUT2D eigenvalue weighted by atomic mass is 16.5. The van der Waals surface area contributed by atoms with Crippen molar-refractivity contribution in [1.29, 1.82) is 0 Å². The topological polar surface area (TPSA) is 26.3 Å². The van der Waals surface area contributed by atoms with Crippen LogP contribution in [0.1, 0.15) is 10.4 Å². The van der Waals surface area contributed by atoms with E-state index in [4.69, 9.17) is 4.74 Å². The van der Waals surface area contributed by atoms with Crippen LogP contribution in [0.2, 0.25) is 0 Å². The highest BCUT2D eigenvalue weighted by Crippen LogP contribution is 2.49. The van der Waals surface area contributed by atoms with Gasteiger partial charge in [-0.05, 0) is 50.2 Å². The van der Waals surface area contributed by atoms with E-state index >= 15 is 0 Å². The highest BCUT2D eigenvalue weighted by Gasteiger charge is 2.23. The zero-order valence-electron chi connectivity index (χ0n) is 14.3. The Morgan fingerprint density at radius 2 is 1.19 bits per heavy atom. The van der Waals surface area contributed by atoms with Crippen molar-refractivity contribution in [2.45, 2.75) is 0 Å². The summed E-state index contributed by atoms with van der Waals surface area (Å²) in [6.45, 7) is 0. The molecule has 0 N–H and O–H groups in total. The first-order valence-corrected chi connectivity index (χ1v) is 8.63. The van der Waals surface area contributed by atoms with Crippen LogP contribution < -0.4 is 0 Å². The van der Waals surface area contributed by atoms with Crippen LogP contribution in [-0.4, -0.2) is 13.1 Å². The molecule has 5 rings (SSSR count). The predicted molar refractivity (Wildman–Crippen MR) is 105 cm³/mol. The molecule has 1 aliphatic rings. The van der Waals surface area contributed by atoms with Gasteiger partial charge >= 0.3 is 5.97 Å². The third kappa shape index (κ3) is 1.96. The Balaban J connectivity index is 1.85. The van der Waals surface area contributed by atoms with Gasteiger partial charge in [0.15, 0.2) is 0 Å². The molecule has 2 heteroatoms. The van der Waals surface area contributed by atoms with Gasteiger partial charge in [0.1, 0.15) is 0 Å². The van der Waals surface area contributed by atoms with Crippen LogP contribution in [-0.2, 0) is 4.74 Å². The summed E-state index contributed by atoms with van der Waals surface area (Å²) in [4.78, 5) is 12.2. The third-order valence-corrected chi connectivity index (χ3v) is 5.17. The van der Waals surface area contributed by atoms with Crippen molar-refractivity contribution in [1.82, 2.24) is 0 Å². The van der Waals surface area contributed by atoms with Crippen LogP contribution in [0.4, 0.5) is 0 Å². The van der Waals surface area contributed by atoms with Gasteiger partial charge in [0.05, 0.1) is 12.7 Å². The van der Waals surface area contributed by atoms with Gasteiger partial charge in [-0.3, -0.25) is 0 Å². The van der Waals surface area contributed by atoms with E-state index in [1.807, 2.05) is 24.3 Å². The second-order valence-electron chi connectivity index (χ2n) is 6.47. The fourth-order valence-electron chi connectivity index (χ4n) is 4.05. The van der Waals surface area contributed by atoms with Crippen LogP contribution >= 0.6 is 0 Å². The molecule has 0 spiro atoms. The number of methoxy groups -OCH3 is 1. The molecule has 0 unspecified atom stereocenters. The largest absolute Gasteiger partial charge is 0.465 e. The quantitative estimate of drug-likeness (QED) is 0.373. The van der Waals surface area contributed by atoms with Gasteiger partial charge in [-0.1, -0.05) is 72.8 Å². The average Bonchev–Trinajstić information content (AvgIpc) is 3.04. The molecule has 1 aliphatic carbocycles. The molecule has 26 heavy (non-hydrogen) atoms. The highest BCUT2D eigenvalue weighted by molar-refractivity contribution is 6.19. The maximum absolute atomic E-state index is 12.2. The summed E-state index contributed by atoms with van der Waals surface area (Å²) in [5, 5.41) is 2.42. The number of rotatable bonds is 2. The summed E-state index contributed by atoms with van der Waals surface area (Å²) in [7, 11) is 1.42. The van der Waals surface area contributed by atoms with E-state index in [2.05, 4.69) is 54.6 Å². The molecule has 0 bridgehead atoms. The average molecular weight is 336 g/mol. The summed E-state index contributed by atoms with van der Waals surface area (Å²) in [6, 6.07) is 26.8. The molecule has 0 fully saturated rings. The second kappa shape index (κ2) is 5.57. The Hall–Kier alpha value is -3.39. The van der Waals surface area contributed by atoms with Crippen LogP contribution in [0.3, 0.4) is 0 Å². The molecule has 124 valence electrons. The lowest BCUT2D eigenvalue weighted by Gasteiger charge is -2.12. The van der Waals surface area contributed by atoms with E-state index in [0.717, 1.165) is 16.5 Å². The molecule has 0 amide bonds.